The molecule has 0 atom stereocenters. The quantitative estimate of drug-likeness (QED) is 0.819. The second-order valence-electron chi connectivity index (χ2n) is 4.79. The summed E-state index contributed by atoms with van der Waals surface area (Å²) in [4.78, 5) is 24.8. The fourth-order valence-corrected chi connectivity index (χ4v) is 2.33. The van der Waals surface area contributed by atoms with Crippen LogP contribution in [0.1, 0.15) is 15.9 Å². The van der Waals surface area contributed by atoms with Crippen molar-refractivity contribution in [1.29, 1.82) is 0 Å². The molecule has 3 rings (SSSR count). The lowest BCUT2D eigenvalue weighted by Gasteiger charge is -2.10. The molecule has 2 aromatic rings. The van der Waals surface area contributed by atoms with Gasteiger partial charge < -0.3 is 9.64 Å². The molecule has 0 saturated heterocycles. The summed E-state index contributed by atoms with van der Waals surface area (Å²) in [5.41, 5.74) is 1.97. The second-order valence-corrected chi connectivity index (χ2v) is 5.22. The Morgan fingerprint density at radius 3 is 2.52 bits per heavy atom. The Morgan fingerprint density at radius 2 is 1.81 bits per heavy atom. The van der Waals surface area contributed by atoms with Gasteiger partial charge in [0.15, 0.2) is 0 Å². The van der Waals surface area contributed by atoms with E-state index in [9.17, 15) is 9.59 Å². The molecule has 0 unspecified atom stereocenters. The monoisotopic (exact) mass is 301 g/mol. The molecule has 4 nitrogen and oxygen atoms in total. The predicted octanol–water partition coefficient (Wildman–Crippen LogP) is 3.08. The minimum Gasteiger partial charge on any atom is -0.489 e. The Balaban J connectivity index is 1.78. The Labute approximate surface area is 126 Å². The van der Waals surface area contributed by atoms with Crippen LogP contribution in [0.15, 0.2) is 42.5 Å². The van der Waals surface area contributed by atoms with Crippen LogP contribution in [0.5, 0.6) is 5.75 Å². The average Bonchev–Trinajstić information content (AvgIpc) is 2.71. The molecular weight excluding hydrogens is 290 g/mol. The van der Waals surface area contributed by atoms with Crippen LogP contribution in [-0.2, 0) is 11.4 Å². The van der Waals surface area contributed by atoms with E-state index in [0.717, 1.165) is 5.56 Å². The molecule has 2 aromatic carbocycles. The Bertz CT molecular complexity index is 725. The maximum absolute atomic E-state index is 11.8. The average molecular weight is 302 g/mol. The van der Waals surface area contributed by atoms with Crippen molar-refractivity contribution in [3.63, 3.8) is 0 Å². The molecule has 0 radical (unpaired) electrons. The zero-order chi connectivity index (χ0) is 15.0. The number of ether oxygens (including phenoxy) is 1. The van der Waals surface area contributed by atoms with Crippen molar-refractivity contribution >= 4 is 29.0 Å². The zero-order valence-corrected chi connectivity index (χ0v) is 12.1. The fraction of sp³-hybridized carbons (Fsp3) is 0.125. The maximum atomic E-state index is 11.8. The van der Waals surface area contributed by atoms with Gasteiger partial charge in [-0.2, -0.15) is 0 Å². The standard InChI is InChI=1S/C16H12ClNO3/c1-18-14-7-6-12(8-13(14)15(19)16(18)20)21-9-10-2-4-11(17)5-3-10/h2-8H,9H2,1H3. The molecule has 0 bridgehead atoms. The highest BCUT2D eigenvalue weighted by molar-refractivity contribution is 6.52. The number of amides is 1. The van der Waals surface area contributed by atoms with Crippen molar-refractivity contribution in [2.24, 2.45) is 0 Å². The van der Waals surface area contributed by atoms with Gasteiger partial charge in [-0.15, -0.1) is 0 Å². The number of fused-ring (bicyclic) bond motifs is 1. The van der Waals surface area contributed by atoms with Crippen LogP contribution >= 0.6 is 11.6 Å². The molecule has 5 heteroatoms. The van der Waals surface area contributed by atoms with Gasteiger partial charge in [0.1, 0.15) is 12.4 Å². The second kappa shape index (κ2) is 5.22. The first kappa shape index (κ1) is 13.6. The van der Waals surface area contributed by atoms with Gasteiger partial charge in [-0.05, 0) is 35.9 Å². The Morgan fingerprint density at radius 1 is 1.10 bits per heavy atom. The minimum atomic E-state index is -0.514. The topological polar surface area (TPSA) is 46.6 Å². The van der Waals surface area contributed by atoms with Crippen molar-refractivity contribution in [1.82, 2.24) is 0 Å². The van der Waals surface area contributed by atoms with Gasteiger partial charge in [0.25, 0.3) is 11.7 Å². The summed E-state index contributed by atoms with van der Waals surface area (Å²) in [5, 5.41) is 0.670. The summed E-state index contributed by atoms with van der Waals surface area (Å²) in [5.74, 6) is -0.454. The first-order valence-electron chi connectivity index (χ1n) is 6.40. The smallest absolute Gasteiger partial charge is 0.299 e. The number of rotatable bonds is 3. The minimum absolute atomic E-state index is 0.369. The molecule has 21 heavy (non-hydrogen) atoms. The summed E-state index contributed by atoms with van der Waals surface area (Å²) in [6.45, 7) is 0.369. The third-order valence-electron chi connectivity index (χ3n) is 3.39. The summed E-state index contributed by atoms with van der Waals surface area (Å²) in [6.07, 6.45) is 0. The molecule has 0 aromatic heterocycles. The first-order chi connectivity index (χ1) is 10.1. The number of ketones is 1. The van der Waals surface area contributed by atoms with Gasteiger partial charge in [-0.3, -0.25) is 9.59 Å². The van der Waals surface area contributed by atoms with E-state index in [-0.39, 0.29) is 0 Å². The van der Waals surface area contributed by atoms with E-state index in [1.807, 2.05) is 12.1 Å². The molecule has 1 aliphatic heterocycles. The van der Waals surface area contributed by atoms with Gasteiger partial charge in [0, 0.05) is 12.1 Å². The van der Waals surface area contributed by atoms with Crippen LogP contribution in [0.25, 0.3) is 0 Å². The number of benzene rings is 2. The number of anilines is 1. The largest absolute Gasteiger partial charge is 0.489 e. The fourth-order valence-electron chi connectivity index (χ4n) is 2.20. The van der Waals surface area contributed by atoms with Gasteiger partial charge in [0.05, 0.1) is 11.3 Å². The van der Waals surface area contributed by atoms with Crippen LogP contribution in [-0.4, -0.2) is 18.7 Å². The van der Waals surface area contributed by atoms with E-state index in [4.69, 9.17) is 16.3 Å². The molecule has 1 heterocycles. The number of halogens is 1. The molecule has 1 amide bonds. The Kier molecular flexibility index (Phi) is 3.39. The van der Waals surface area contributed by atoms with Gasteiger partial charge in [-0.25, -0.2) is 0 Å². The molecule has 0 spiro atoms. The predicted molar refractivity (Wildman–Crippen MR) is 80.0 cm³/mol. The molecule has 0 saturated carbocycles. The molecule has 106 valence electrons. The molecular formula is C16H12ClNO3. The van der Waals surface area contributed by atoms with E-state index in [2.05, 4.69) is 0 Å². The van der Waals surface area contributed by atoms with E-state index < -0.39 is 11.7 Å². The zero-order valence-electron chi connectivity index (χ0n) is 11.3. The highest BCUT2D eigenvalue weighted by Crippen LogP contribution is 2.31. The third kappa shape index (κ3) is 2.50. The van der Waals surface area contributed by atoms with Crippen LogP contribution in [0.4, 0.5) is 5.69 Å². The number of carbonyl (C=O) groups excluding carboxylic acids is 2. The normalized spacial score (nSPS) is 13.5. The lowest BCUT2D eigenvalue weighted by Crippen LogP contribution is -2.24. The van der Waals surface area contributed by atoms with Crippen molar-refractivity contribution in [2.45, 2.75) is 6.61 Å². The number of hydrogen-bond acceptors (Lipinski definition) is 3. The van der Waals surface area contributed by atoms with Crippen molar-refractivity contribution < 1.29 is 14.3 Å². The van der Waals surface area contributed by atoms with Crippen molar-refractivity contribution in [3.05, 3.63) is 58.6 Å². The van der Waals surface area contributed by atoms with E-state index >= 15 is 0 Å². The number of likely N-dealkylation sites (N-methyl/N-ethyl adjacent to an activating group) is 1. The lowest BCUT2D eigenvalue weighted by molar-refractivity contribution is -0.114. The van der Waals surface area contributed by atoms with Gasteiger partial charge in [0.2, 0.25) is 0 Å². The highest BCUT2D eigenvalue weighted by Gasteiger charge is 2.33. The summed E-state index contributed by atoms with van der Waals surface area (Å²) < 4.78 is 5.65. The van der Waals surface area contributed by atoms with Gasteiger partial charge >= 0.3 is 0 Å². The van der Waals surface area contributed by atoms with Crippen molar-refractivity contribution in [3.8, 4) is 5.75 Å². The first-order valence-corrected chi connectivity index (χ1v) is 6.78. The lowest BCUT2D eigenvalue weighted by atomic mass is 10.1. The van der Waals surface area contributed by atoms with E-state index in [1.165, 1.54) is 4.90 Å². The van der Waals surface area contributed by atoms with Crippen LogP contribution in [0.3, 0.4) is 0 Å². The number of nitrogens with zero attached hydrogens (tertiary/aromatic N) is 1. The van der Waals surface area contributed by atoms with Gasteiger partial charge in [-0.1, -0.05) is 23.7 Å². The number of carbonyl (C=O) groups is 2. The molecule has 1 aliphatic rings. The molecule has 0 aliphatic carbocycles. The molecule has 0 N–H and O–H groups in total. The Hall–Kier alpha value is -2.33. The van der Waals surface area contributed by atoms with Crippen LogP contribution < -0.4 is 9.64 Å². The van der Waals surface area contributed by atoms with E-state index in [1.54, 1.807) is 37.4 Å². The number of Topliss-reactive ketones (excluding diaryl/α,β-unsaturated/α-hetero) is 1. The highest BCUT2D eigenvalue weighted by atomic mass is 35.5. The number of hydrogen-bond donors (Lipinski definition) is 0. The summed E-state index contributed by atoms with van der Waals surface area (Å²) in [6, 6.07) is 12.4. The van der Waals surface area contributed by atoms with E-state index in [0.29, 0.717) is 28.6 Å². The summed E-state index contributed by atoms with van der Waals surface area (Å²) >= 11 is 5.82. The molecule has 0 fully saturated rings. The van der Waals surface area contributed by atoms with Crippen molar-refractivity contribution in [2.75, 3.05) is 11.9 Å². The van der Waals surface area contributed by atoms with Crippen LogP contribution in [0.2, 0.25) is 5.02 Å². The van der Waals surface area contributed by atoms with Crippen LogP contribution in [0, 0.1) is 0 Å². The summed E-state index contributed by atoms with van der Waals surface area (Å²) in [7, 11) is 1.58. The SMILES string of the molecule is CN1C(=O)C(=O)c2cc(OCc3ccc(Cl)cc3)ccc21. The maximum Gasteiger partial charge on any atom is 0.299 e. The third-order valence-corrected chi connectivity index (χ3v) is 3.64.